The fourth-order valence-corrected chi connectivity index (χ4v) is 2.94. The average Bonchev–Trinajstić information content (AvgIpc) is 2.75. The van der Waals surface area contributed by atoms with Crippen LogP contribution in [0.1, 0.15) is 33.6 Å². The molecular formula is C14H29N3. The van der Waals surface area contributed by atoms with Gasteiger partial charge in [0.2, 0.25) is 0 Å². The van der Waals surface area contributed by atoms with Crippen LogP contribution >= 0.6 is 0 Å². The molecule has 0 bridgehead atoms. The molecule has 100 valence electrons. The monoisotopic (exact) mass is 239 g/mol. The number of rotatable bonds is 5. The first-order chi connectivity index (χ1) is 8.16. The molecular weight excluding hydrogens is 210 g/mol. The lowest BCUT2D eigenvalue weighted by Crippen LogP contribution is -2.51. The number of piperazine rings is 1. The van der Waals surface area contributed by atoms with E-state index in [1.807, 2.05) is 0 Å². The van der Waals surface area contributed by atoms with Crippen molar-refractivity contribution in [2.24, 2.45) is 5.92 Å². The Balaban J connectivity index is 1.63. The van der Waals surface area contributed by atoms with Crippen LogP contribution in [0.15, 0.2) is 0 Å². The first kappa shape index (κ1) is 13.3. The zero-order valence-electron chi connectivity index (χ0n) is 11.8. The van der Waals surface area contributed by atoms with Crippen LogP contribution in [-0.4, -0.2) is 61.2 Å². The van der Waals surface area contributed by atoms with Gasteiger partial charge in [0.05, 0.1) is 0 Å². The van der Waals surface area contributed by atoms with E-state index in [0.717, 1.165) is 18.5 Å². The van der Waals surface area contributed by atoms with Crippen molar-refractivity contribution in [2.45, 2.75) is 45.7 Å². The summed E-state index contributed by atoms with van der Waals surface area (Å²) >= 11 is 0. The second-order valence-corrected chi connectivity index (χ2v) is 6.12. The first-order valence-corrected chi connectivity index (χ1v) is 7.36. The lowest BCUT2D eigenvalue weighted by Gasteiger charge is -2.37. The standard InChI is InChI=1S/C14H29N3/c1-12(2)13(3)15-6-8-16-9-10-17-7-4-5-14(17)11-16/h12-15H,4-11H2,1-3H3. The molecule has 0 aromatic heterocycles. The lowest BCUT2D eigenvalue weighted by atomic mass is 10.1. The van der Waals surface area contributed by atoms with Gasteiger partial charge in [-0.2, -0.15) is 0 Å². The minimum Gasteiger partial charge on any atom is -0.313 e. The van der Waals surface area contributed by atoms with Gasteiger partial charge in [0.1, 0.15) is 0 Å². The fourth-order valence-electron chi connectivity index (χ4n) is 2.94. The molecule has 2 atom stereocenters. The van der Waals surface area contributed by atoms with E-state index in [1.165, 1.54) is 45.6 Å². The van der Waals surface area contributed by atoms with Gasteiger partial charge in [-0.3, -0.25) is 9.80 Å². The molecule has 2 saturated heterocycles. The summed E-state index contributed by atoms with van der Waals surface area (Å²) in [7, 11) is 0. The van der Waals surface area contributed by atoms with Crippen LogP contribution in [-0.2, 0) is 0 Å². The summed E-state index contributed by atoms with van der Waals surface area (Å²) < 4.78 is 0. The predicted octanol–water partition coefficient (Wildman–Crippen LogP) is 1.40. The molecule has 2 aliphatic rings. The first-order valence-electron chi connectivity index (χ1n) is 7.36. The number of fused-ring (bicyclic) bond motifs is 1. The van der Waals surface area contributed by atoms with Gasteiger partial charge in [-0.15, -0.1) is 0 Å². The van der Waals surface area contributed by atoms with Crippen LogP contribution in [0.3, 0.4) is 0 Å². The van der Waals surface area contributed by atoms with E-state index >= 15 is 0 Å². The summed E-state index contributed by atoms with van der Waals surface area (Å²) in [4.78, 5) is 5.33. The third kappa shape index (κ3) is 3.67. The molecule has 0 aromatic rings. The van der Waals surface area contributed by atoms with E-state index in [1.54, 1.807) is 0 Å². The molecule has 0 aromatic carbocycles. The van der Waals surface area contributed by atoms with Crippen LogP contribution in [0.4, 0.5) is 0 Å². The largest absolute Gasteiger partial charge is 0.313 e. The van der Waals surface area contributed by atoms with Gasteiger partial charge >= 0.3 is 0 Å². The molecule has 2 aliphatic heterocycles. The summed E-state index contributed by atoms with van der Waals surface area (Å²) in [6.07, 6.45) is 2.84. The predicted molar refractivity (Wildman–Crippen MR) is 73.3 cm³/mol. The van der Waals surface area contributed by atoms with E-state index in [4.69, 9.17) is 0 Å². The number of nitrogens with one attached hydrogen (secondary N) is 1. The quantitative estimate of drug-likeness (QED) is 0.782. The van der Waals surface area contributed by atoms with E-state index in [2.05, 4.69) is 35.9 Å². The highest BCUT2D eigenvalue weighted by atomic mass is 15.3. The molecule has 2 heterocycles. The Labute approximate surface area is 107 Å². The highest BCUT2D eigenvalue weighted by molar-refractivity contribution is 4.86. The zero-order chi connectivity index (χ0) is 12.3. The maximum atomic E-state index is 3.63. The summed E-state index contributed by atoms with van der Waals surface area (Å²) in [5.41, 5.74) is 0. The van der Waals surface area contributed by atoms with Crippen molar-refractivity contribution in [3.63, 3.8) is 0 Å². The van der Waals surface area contributed by atoms with Crippen molar-refractivity contribution >= 4 is 0 Å². The fraction of sp³-hybridized carbons (Fsp3) is 1.00. The molecule has 0 aliphatic carbocycles. The van der Waals surface area contributed by atoms with Crippen LogP contribution in [0.2, 0.25) is 0 Å². The summed E-state index contributed by atoms with van der Waals surface area (Å²) in [6.45, 7) is 14.5. The van der Waals surface area contributed by atoms with Crippen LogP contribution in [0.25, 0.3) is 0 Å². The van der Waals surface area contributed by atoms with Gasteiger partial charge in [0.15, 0.2) is 0 Å². The molecule has 0 radical (unpaired) electrons. The van der Waals surface area contributed by atoms with Gasteiger partial charge in [0, 0.05) is 44.8 Å². The highest BCUT2D eigenvalue weighted by Gasteiger charge is 2.29. The third-order valence-corrected chi connectivity index (χ3v) is 4.57. The van der Waals surface area contributed by atoms with E-state index < -0.39 is 0 Å². The van der Waals surface area contributed by atoms with Crippen molar-refractivity contribution in [3.05, 3.63) is 0 Å². The normalized spacial score (nSPS) is 28.6. The van der Waals surface area contributed by atoms with Gasteiger partial charge in [-0.05, 0) is 32.2 Å². The van der Waals surface area contributed by atoms with Crippen LogP contribution in [0.5, 0.6) is 0 Å². The molecule has 0 saturated carbocycles. The Bertz CT molecular complexity index is 230. The molecule has 2 unspecified atom stereocenters. The van der Waals surface area contributed by atoms with Gasteiger partial charge in [-0.1, -0.05) is 13.8 Å². The molecule has 0 amide bonds. The Morgan fingerprint density at radius 3 is 2.76 bits per heavy atom. The minimum atomic E-state index is 0.641. The Kier molecular flexibility index (Phi) is 4.83. The number of hydrogen-bond acceptors (Lipinski definition) is 3. The van der Waals surface area contributed by atoms with Crippen molar-refractivity contribution in [1.82, 2.24) is 15.1 Å². The summed E-state index contributed by atoms with van der Waals surface area (Å²) in [5, 5.41) is 3.63. The minimum absolute atomic E-state index is 0.641. The smallest absolute Gasteiger partial charge is 0.0224 e. The second kappa shape index (κ2) is 6.17. The molecule has 2 rings (SSSR count). The molecule has 1 N–H and O–H groups in total. The highest BCUT2D eigenvalue weighted by Crippen LogP contribution is 2.20. The maximum absolute atomic E-state index is 3.63. The van der Waals surface area contributed by atoms with Gasteiger partial charge in [0.25, 0.3) is 0 Å². The van der Waals surface area contributed by atoms with Gasteiger partial charge < -0.3 is 5.32 Å². The zero-order valence-corrected chi connectivity index (χ0v) is 11.8. The van der Waals surface area contributed by atoms with E-state index in [0.29, 0.717) is 6.04 Å². The van der Waals surface area contributed by atoms with Crippen molar-refractivity contribution in [2.75, 3.05) is 39.3 Å². The number of nitrogens with zero attached hydrogens (tertiary/aromatic N) is 2. The lowest BCUT2D eigenvalue weighted by molar-refractivity contribution is 0.104. The average molecular weight is 239 g/mol. The van der Waals surface area contributed by atoms with Crippen LogP contribution < -0.4 is 5.32 Å². The molecule has 2 fully saturated rings. The van der Waals surface area contributed by atoms with Crippen molar-refractivity contribution < 1.29 is 0 Å². The molecule has 0 spiro atoms. The SMILES string of the molecule is CC(C)C(C)NCCN1CCN2CCCC2C1. The number of hydrogen-bond donors (Lipinski definition) is 1. The Morgan fingerprint density at radius 2 is 2.00 bits per heavy atom. The second-order valence-electron chi connectivity index (χ2n) is 6.12. The third-order valence-electron chi connectivity index (χ3n) is 4.57. The van der Waals surface area contributed by atoms with Gasteiger partial charge in [-0.25, -0.2) is 0 Å². The Hall–Kier alpha value is -0.120. The molecule has 3 nitrogen and oxygen atoms in total. The molecule has 17 heavy (non-hydrogen) atoms. The summed E-state index contributed by atoms with van der Waals surface area (Å²) in [6, 6.07) is 1.51. The topological polar surface area (TPSA) is 18.5 Å². The maximum Gasteiger partial charge on any atom is 0.0224 e. The van der Waals surface area contributed by atoms with Crippen molar-refractivity contribution in [3.8, 4) is 0 Å². The Morgan fingerprint density at radius 1 is 1.18 bits per heavy atom. The van der Waals surface area contributed by atoms with E-state index in [9.17, 15) is 0 Å². The molecule has 3 heteroatoms. The van der Waals surface area contributed by atoms with Crippen LogP contribution in [0, 0.1) is 5.92 Å². The van der Waals surface area contributed by atoms with E-state index in [-0.39, 0.29) is 0 Å². The van der Waals surface area contributed by atoms with Crippen molar-refractivity contribution in [1.29, 1.82) is 0 Å². The summed E-state index contributed by atoms with van der Waals surface area (Å²) in [5.74, 6) is 0.738.